The molecule has 1 heterocycles. The Labute approximate surface area is 221 Å². The number of fused-ring (bicyclic) bond motifs is 1. The average Bonchev–Trinajstić information content (AvgIpc) is 3.21. The first-order valence-electron chi connectivity index (χ1n) is 12.8. The van der Waals surface area contributed by atoms with Gasteiger partial charge in [0, 0.05) is 5.56 Å². The van der Waals surface area contributed by atoms with Crippen molar-refractivity contribution in [3.63, 3.8) is 0 Å². The second-order valence-corrected chi connectivity index (χ2v) is 9.84. The third-order valence-corrected chi connectivity index (χ3v) is 7.56. The second-order valence-electron chi connectivity index (χ2n) is 9.84. The fraction of sp³-hybridized carbons (Fsp3) is 0.290. The van der Waals surface area contributed by atoms with Gasteiger partial charge in [-0.15, -0.1) is 0 Å². The number of hydrogen-bond acceptors (Lipinski definition) is 6. The van der Waals surface area contributed by atoms with Crippen LogP contribution in [0, 0.1) is 11.8 Å². The first-order chi connectivity index (χ1) is 18.4. The van der Waals surface area contributed by atoms with Crippen molar-refractivity contribution in [1.82, 2.24) is 0 Å². The lowest BCUT2D eigenvalue weighted by molar-refractivity contribution is -0.122. The Morgan fingerprint density at radius 1 is 0.842 bits per heavy atom. The molecule has 0 spiro atoms. The third kappa shape index (κ3) is 4.84. The topological polar surface area (TPSA) is 90.0 Å². The maximum absolute atomic E-state index is 13.4. The highest BCUT2D eigenvalue weighted by atomic mass is 16.5. The number of hydrogen-bond donors (Lipinski definition) is 0. The summed E-state index contributed by atoms with van der Waals surface area (Å²) in [7, 11) is 1.54. The predicted octanol–water partition coefficient (Wildman–Crippen LogP) is 5.20. The van der Waals surface area contributed by atoms with Gasteiger partial charge in [-0.05, 0) is 80.1 Å². The van der Waals surface area contributed by atoms with Crippen LogP contribution < -0.4 is 9.64 Å². The molecular weight excluding hydrogens is 482 g/mol. The number of anilines is 1. The van der Waals surface area contributed by atoms with Crippen LogP contribution >= 0.6 is 0 Å². The summed E-state index contributed by atoms with van der Waals surface area (Å²) in [5.41, 5.74) is 2.08. The summed E-state index contributed by atoms with van der Waals surface area (Å²) in [6.45, 7) is 1.51. The molecule has 5 rings (SSSR count). The number of imide groups is 1. The molecule has 7 nitrogen and oxygen atoms in total. The van der Waals surface area contributed by atoms with E-state index in [0.717, 1.165) is 6.42 Å². The predicted molar refractivity (Wildman–Crippen MR) is 141 cm³/mol. The Balaban J connectivity index is 1.29. The van der Waals surface area contributed by atoms with Gasteiger partial charge in [0.25, 0.3) is 0 Å². The molecule has 0 radical (unpaired) electrons. The van der Waals surface area contributed by atoms with Crippen LogP contribution in [0.4, 0.5) is 5.69 Å². The normalized spacial score (nSPS) is 21.5. The van der Waals surface area contributed by atoms with Crippen molar-refractivity contribution in [2.45, 2.75) is 38.2 Å². The van der Waals surface area contributed by atoms with Crippen molar-refractivity contribution in [3.8, 4) is 5.75 Å². The van der Waals surface area contributed by atoms with Gasteiger partial charge in [0.2, 0.25) is 17.6 Å². The van der Waals surface area contributed by atoms with Crippen LogP contribution in [0.15, 0.2) is 78.9 Å². The number of amides is 2. The van der Waals surface area contributed by atoms with Crippen molar-refractivity contribution < 1.29 is 28.7 Å². The molecule has 1 aliphatic carbocycles. The molecule has 1 aliphatic heterocycles. The quantitative estimate of drug-likeness (QED) is 0.246. The average molecular weight is 512 g/mol. The van der Waals surface area contributed by atoms with Gasteiger partial charge in [0.15, 0.2) is 6.10 Å². The molecule has 0 bridgehead atoms. The smallest absolute Gasteiger partial charge is 0.338 e. The van der Waals surface area contributed by atoms with Gasteiger partial charge in [-0.1, -0.05) is 36.4 Å². The standard InChI is InChI=1S/C31H29NO6/c1-19(28(33)21-11-14-25(37-2)15-12-21)38-31(36)23-9-6-10-24(17-23)32-29(34)26-16-13-22(18-27(26)30(32)35)20-7-4-3-5-8-20/h3-12,14-15,17,19,22,26-27H,13,16,18H2,1-2H3. The van der Waals surface area contributed by atoms with Crippen molar-refractivity contribution in [2.75, 3.05) is 12.0 Å². The number of methoxy groups -OCH3 is 1. The zero-order valence-electron chi connectivity index (χ0n) is 21.3. The molecule has 4 atom stereocenters. The van der Waals surface area contributed by atoms with E-state index in [0.29, 0.717) is 29.8 Å². The zero-order valence-corrected chi connectivity index (χ0v) is 21.3. The summed E-state index contributed by atoms with van der Waals surface area (Å²) in [6, 6.07) is 22.9. The van der Waals surface area contributed by atoms with Gasteiger partial charge < -0.3 is 9.47 Å². The number of carbonyl (C=O) groups is 4. The fourth-order valence-electron chi connectivity index (χ4n) is 5.51. The van der Waals surface area contributed by atoms with Crippen molar-refractivity contribution in [1.29, 1.82) is 0 Å². The first-order valence-corrected chi connectivity index (χ1v) is 12.8. The van der Waals surface area contributed by atoms with Gasteiger partial charge in [-0.25, -0.2) is 4.79 Å². The van der Waals surface area contributed by atoms with E-state index in [2.05, 4.69) is 12.1 Å². The third-order valence-electron chi connectivity index (χ3n) is 7.56. The Bertz CT molecular complexity index is 1370. The zero-order chi connectivity index (χ0) is 26.8. The number of carbonyl (C=O) groups excluding carboxylic acids is 4. The minimum Gasteiger partial charge on any atom is -0.497 e. The molecule has 7 heteroatoms. The van der Waals surface area contributed by atoms with Crippen LogP contribution in [0.1, 0.15) is 58.4 Å². The highest BCUT2D eigenvalue weighted by Gasteiger charge is 2.50. The Morgan fingerprint density at radius 2 is 1.55 bits per heavy atom. The number of ketones is 1. The molecule has 0 N–H and O–H groups in total. The van der Waals surface area contributed by atoms with Crippen molar-refractivity contribution >= 4 is 29.3 Å². The molecule has 3 aromatic carbocycles. The number of benzene rings is 3. The van der Waals surface area contributed by atoms with Crippen LogP contribution in [0.5, 0.6) is 5.75 Å². The number of Topliss-reactive ketones (excluding diaryl/α,β-unsaturated/α-hetero) is 1. The molecular formula is C31H29NO6. The summed E-state index contributed by atoms with van der Waals surface area (Å²) in [5, 5.41) is 0. The van der Waals surface area contributed by atoms with Gasteiger partial charge in [-0.3, -0.25) is 19.3 Å². The summed E-state index contributed by atoms with van der Waals surface area (Å²) in [5.74, 6) is -1.38. The van der Waals surface area contributed by atoms with E-state index in [1.807, 2.05) is 18.2 Å². The van der Waals surface area contributed by atoms with Crippen LogP contribution in [-0.4, -0.2) is 36.8 Å². The molecule has 2 amide bonds. The van der Waals surface area contributed by atoms with Gasteiger partial charge in [-0.2, -0.15) is 0 Å². The van der Waals surface area contributed by atoms with E-state index in [1.54, 1.807) is 42.5 Å². The number of nitrogens with zero attached hydrogens (tertiary/aromatic N) is 1. The van der Waals surface area contributed by atoms with Gasteiger partial charge in [0.1, 0.15) is 5.75 Å². The number of ether oxygens (including phenoxy) is 2. The Hall–Kier alpha value is -4.26. The number of rotatable bonds is 7. The van der Waals surface area contributed by atoms with Crippen LogP contribution in [-0.2, 0) is 14.3 Å². The molecule has 1 saturated heterocycles. The van der Waals surface area contributed by atoms with Crippen molar-refractivity contribution in [2.24, 2.45) is 11.8 Å². The van der Waals surface area contributed by atoms with E-state index < -0.39 is 12.1 Å². The molecule has 38 heavy (non-hydrogen) atoms. The Morgan fingerprint density at radius 3 is 2.26 bits per heavy atom. The Kier molecular flexibility index (Phi) is 7.09. The van der Waals surface area contributed by atoms with E-state index in [1.165, 1.54) is 30.6 Å². The van der Waals surface area contributed by atoms with Gasteiger partial charge >= 0.3 is 5.97 Å². The molecule has 3 aromatic rings. The molecule has 4 unspecified atom stereocenters. The second kappa shape index (κ2) is 10.6. The molecule has 0 aromatic heterocycles. The highest BCUT2D eigenvalue weighted by molar-refractivity contribution is 6.22. The lowest BCUT2D eigenvalue weighted by atomic mass is 9.73. The van der Waals surface area contributed by atoms with Crippen LogP contribution in [0.3, 0.4) is 0 Å². The minimum atomic E-state index is -1.02. The summed E-state index contributed by atoms with van der Waals surface area (Å²) >= 11 is 0. The van der Waals surface area contributed by atoms with Crippen LogP contribution in [0.25, 0.3) is 0 Å². The molecule has 2 aliphatic rings. The molecule has 194 valence electrons. The lowest BCUT2D eigenvalue weighted by Gasteiger charge is -2.28. The van der Waals surface area contributed by atoms with E-state index >= 15 is 0 Å². The van der Waals surface area contributed by atoms with E-state index in [-0.39, 0.29) is 40.9 Å². The molecule has 1 saturated carbocycles. The summed E-state index contributed by atoms with van der Waals surface area (Å²) < 4.78 is 10.5. The minimum absolute atomic E-state index is 0.162. The SMILES string of the molecule is COc1ccc(C(=O)C(C)OC(=O)c2cccc(N3C(=O)C4CCC(c5ccccc5)CC4C3=O)c2)cc1. The van der Waals surface area contributed by atoms with Crippen molar-refractivity contribution in [3.05, 3.63) is 95.6 Å². The van der Waals surface area contributed by atoms with E-state index in [4.69, 9.17) is 9.47 Å². The summed E-state index contributed by atoms with van der Waals surface area (Å²) in [4.78, 5) is 53.5. The van der Waals surface area contributed by atoms with E-state index in [9.17, 15) is 19.2 Å². The maximum atomic E-state index is 13.4. The summed E-state index contributed by atoms with van der Waals surface area (Å²) in [6.07, 6.45) is 1.11. The number of esters is 1. The van der Waals surface area contributed by atoms with Gasteiger partial charge in [0.05, 0.1) is 30.2 Å². The first kappa shape index (κ1) is 25.4. The lowest BCUT2D eigenvalue weighted by Crippen LogP contribution is -2.31. The molecule has 2 fully saturated rings. The maximum Gasteiger partial charge on any atom is 0.338 e. The largest absolute Gasteiger partial charge is 0.497 e. The van der Waals surface area contributed by atoms with Crippen LogP contribution in [0.2, 0.25) is 0 Å². The highest BCUT2D eigenvalue weighted by Crippen LogP contribution is 2.45. The monoisotopic (exact) mass is 511 g/mol. The fourth-order valence-corrected chi connectivity index (χ4v) is 5.51.